The van der Waals surface area contributed by atoms with Crippen molar-refractivity contribution in [3.8, 4) is 5.75 Å². The molecule has 12 heteroatoms. The summed E-state index contributed by atoms with van der Waals surface area (Å²) in [6.07, 6.45) is -2.67. The number of aliphatic hydroxyl groups is 1. The van der Waals surface area contributed by atoms with E-state index in [-0.39, 0.29) is 37.8 Å². The Morgan fingerprint density at radius 3 is 2.32 bits per heavy atom. The van der Waals surface area contributed by atoms with Crippen molar-refractivity contribution < 1.29 is 37.3 Å². The summed E-state index contributed by atoms with van der Waals surface area (Å²) in [5.41, 5.74) is 1.27. The Hall–Kier alpha value is -3.02. The average Bonchev–Trinajstić information content (AvgIpc) is 2.81. The van der Waals surface area contributed by atoms with Crippen molar-refractivity contribution >= 4 is 18.0 Å². The molecule has 0 atom stereocenters. The summed E-state index contributed by atoms with van der Waals surface area (Å²) in [6.45, 7) is 6.03. The molecule has 2 amide bonds. The van der Waals surface area contributed by atoms with Gasteiger partial charge in [-0.25, -0.2) is 4.79 Å². The number of alkyl halides is 3. The molecule has 2 aliphatic rings. The molecule has 1 saturated carbocycles. The highest BCUT2D eigenvalue weighted by Crippen LogP contribution is 2.26. The molecule has 1 aromatic rings. The number of benzene rings is 1. The fourth-order valence-corrected chi connectivity index (χ4v) is 4.36. The van der Waals surface area contributed by atoms with Crippen LogP contribution in [0.5, 0.6) is 5.75 Å². The average molecular weight is 529 g/mol. The zero-order chi connectivity index (χ0) is 27.2. The van der Waals surface area contributed by atoms with E-state index in [9.17, 15) is 22.8 Å². The van der Waals surface area contributed by atoms with Crippen LogP contribution in [0.4, 0.5) is 18.0 Å². The van der Waals surface area contributed by atoms with Crippen molar-refractivity contribution in [1.29, 1.82) is 0 Å². The van der Waals surface area contributed by atoms with Crippen molar-refractivity contribution in [1.82, 2.24) is 15.5 Å². The maximum absolute atomic E-state index is 13.0. The third kappa shape index (κ3) is 8.80. The number of ether oxygens (including phenoxy) is 2. The molecular weight excluding hydrogens is 493 g/mol. The van der Waals surface area contributed by atoms with Gasteiger partial charge in [-0.05, 0) is 76.1 Å². The first-order valence-corrected chi connectivity index (χ1v) is 12.4. The van der Waals surface area contributed by atoms with Crippen LogP contribution in [-0.4, -0.2) is 71.6 Å². The molecule has 3 rings (SSSR count). The number of carbonyl (C=O) groups is 2. The van der Waals surface area contributed by atoms with E-state index in [1.807, 2.05) is 12.1 Å². The molecule has 0 saturated heterocycles. The van der Waals surface area contributed by atoms with Gasteiger partial charge < -0.3 is 30.1 Å². The second-order valence-electron chi connectivity index (χ2n) is 10.3. The van der Waals surface area contributed by atoms with E-state index < -0.39 is 23.8 Å². The molecule has 0 aromatic heterocycles. The molecule has 0 spiro atoms. The van der Waals surface area contributed by atoms with Gasteiger partial charge in [-0.15, -0.1) is 0 Å². The quantitative estimate of drug-likeness (QED) is 0.397. The highest BCUT2D eigenvalue weighted by molar-refractivity contribution is 5.96. The van der Waals surface area contributed by atoms with Crippen molar-refractivity contribution in [2.45, 2.75) is 83.3 Å². The molecule has 0 bridgehead atoms. The summed E-state index contributed by atoms with van der Waals surface area (Å²) in [4.78, 5) is 28.9. The fourth-order valence-electron chi connectivity index (χ4n) is 4.36. The normalized spacial score (nSPS) is 20.6. The second-order valence-corrected chi connectivity index (χ2v) is 10.3. The number of amides is 2. The largest absolute Gasteiger partial charge is 0.491 e. The number of carbonyl (C=O) groups excluding carboxylic acids is 2. The number of nitrogens with one attached hydrogen (secondary N) is 2. The Bertz CT molecular complexity index is 986. The molecule has 1 heterocycles. The smallest absolute Gasteiger partial charge is 0.473 e. The summed E-state index contributed by atoms with van der Waals surface area (Å²) in [5.74, 6) is -1.65. The van der Waals surface area contributed by atoms with Gasteiger partial charge in [0.15, 0.2) is 0 Å². The number of aliphatic imine (C=N–C) groups is 1. The van der Waals surface area contributed by atoms with Gasteiger partial charge in [0.2, 0.25) is 5.96 Å². The Balaban J connectivity index is 1.66. The SMILES string of the molecule is CC(C)(C)OC(=O)NC1CCC(N/C(=N/C(=O)C(F)(F)F)N2CCc3cc(OCCO)ccc3C2)CC1. The molecule has 1 aliphatic heterocycles. The minimum Gasteiger partial charge on any atom is -0.491 e. The highest BCUT2D eigenvalue weighted by atomic mass is 19.4. The monoisotopic (exact) mass is 528 g/mol. The Morgan fingerprint density at radius 2 is 1.73 bits per heavy atom. The van der Waals surface area contributed by atoms with E-state index in [0.717, 1.165) is 11.1 Å². The van der Waals surface area contributed by atoms with Gasteiger partial charge in [0, 0.05) is 25.2 Å². The van der Waals surface area contributed by atoms with Gasteiger partial charge in [-0.1, -0.05) is 6.07 Å². The number of alkyl carbamates (subject to hydrolysis) is 1. The number of hydrogen-bond acceptors (Lipinski definition) is 5. The van der Waals surface area contributed by atoms with Gasteiger partial charge in [-0.2, -0.15) is 18.2 Å². The summed E-state index contributed by atoms with van der Waals surface area (Å²) >= 11 is 0. The topological polar surface area (TPSA) is 112 Å². The Kier molecular flexibility index (Phi) is 9.27. The lowest BCUT2D eigenvalue weighted by atomic mass is 9.91. The zero-order valence-corrected chi connectivity index (χ0v) is 21.4. The minimum absolute atomic E-state index is 0.0999. The highest BCUT2D eigenvalue weighted by Gasteiger charge is 2.40. The van der Waals surface area contributed by atoms with Gasteiger partial charge in [0.1, 0.15) is 18.0 Å². The van der Waals surface area contributed by atoms with E-state index in [2.05, 4.69) is 15.6 Å². The standard InChI is InChI=1S/C25H35F3N4O5/c1-24(2,3)37-23(35)30-19-7-5-18(6-8-19)29-22(31-21(34)25(26,27)28)32-11-10-16-14-20(36-13-12-33)9-4-17(16)15-32/h4,9,14,18-19,33H,5-8,10-13,15H2,1-3H3,(H,30,35)(H,29,31,34). The molecule has 9 nitrogen and oxygen atoms in total. The summed E-state index contributed by atoms with van der Waals surface area (Å²) in [7, 11) is 0. The number of fused-ring (bicyclic) bond motifs is 1. The molecule has 0 radical (unpaired) electrons. The summed E-state index contributed by atoms with van der Waals surface area (Å²) < 4.78 is 49.9. The molecule has 206 valence electrons. The van der Waals surface area contributed by atoms with Crippen LogP contribution in [0.3, 0.4) is 0 Å². The van der Waals surface area contributed by atoms with Crippen molar-refractivity contribution in [3.63, 3.8) is 0 Å². The number of hydrogen-bond donors (Lipinski definition) is 3. The lowest BCUT2D eigenvalue weighted by molar-refractivity contribution is -0.169. The molecule has 37 heavy (non-hydrogen) atoms. The molecule has 1 aliphatic carbocycles. The number of nitrogens with zero attached hydrogens (tertiary/aromatic N) is 2. The maximum atomic E-state index is 13.0. The number of rotatable bonds is 5. The molecule has 1 aromatic carbocycles. The van der Waals surface area contributed by atoms with Crippen LogP contribution in [0.2, 0.25) is 0 Å². The van der Waals surface area contributed by atoms with Crippen LogP contribution in [0, 0.1) is 0 Å². The van der Waals surface area contributed by atoms with Crippen LogP contribution in [-0.2, 0) is 22.5 Å². The molecule has 0 unspecified atom stereocenters. The molecule has 3 N–H and O–H groups in total. The maximum Gasteiger partial charge on any atom is 0.473 e. The van der Waals surface area contributed by atoms with Crippen LogP contribution in [0.1, 0.15) is 57.6 Å². The van der Waals surface area contributed by atoms with E-state index in [4.69, 9.17) is 14.6 Å². The Morgan fingerprint density at radius 1 is 1.08 bits per heavy atom. The number of aliphatic hydroxyl groups excluding tert-OH is 1. The molecule has 1 fully saturated rings. The van der Waals surface area contributed by atoms with Crippen LogP contribution in [0.15, 0.2) is 23.2 Å². The van der Waals surface area contributed by atoms with Crippen LogP contribution < -0.4 is 15.4 Å². The predicted molar refractivity (Wildman–Crippen MR) is 130 cm³/mol. The first-order valence-electron chi connectivity index (χ1n) is 12.4. The van der Waals surface area contributed by atoms with Crippen LogP contribution >= 0.6 is 0 Å². The van der Waals surface area contributed by atoms with E-state index in [1.54, 1.807) is 31.7 Å². The minimum atomic E-state index is -5.07. The van der Waals surface area contributed by atoms with Crippen molar-refractivity contribution in [3.05, 3.63) is 29.3 Å². The van der Waals surface area contributed by atoms with Gasteiger partial charge in [0.05, 0.1) is 6.61 Å². The van der Waals surface area contributed by atoms with E-state index in [1.165, 1.54) is 0 Å². The number of guanidine groups is 1. The first kappa shape index (κ1) is 28.5. The van der Waals surface area contributed by atoms with E-state index in [0.29, 0.717) is 44.4 Å². The predicted octanol–water partition coefficient (Wildman–Crippen LogP) is 3.29. The summed E-state index contributed by atoms with van der Waals surface area (Å²) in [5, 5.41) is 14.8. The van der Waals surface area contributed by atoms with Gasteiger partial charge in [-0.3, -0.25) is 4.79 Å². The van der Waals surface area contributed by atoms with Crippen molar-refractivity contribution in [2.24, 2.45) is 4.99 Å². The van der Waals surface area contributed by atoms with Gasteiger partial charge >= 0.3 is 18.2 Å². The Labute approximate surface area is 214 Å². The molecular formula is C25H35F3N4O5. The van der Waals surface area contributed by atoms with E-state index >= 15 is 0 Å². The first-order chi connectivity index (χ1) is 17.3. The third-order valence-electron chi connectivity index (χ3n) is 6.08. The zero-order valence-electron chi connectivity index (χ0n) is 21.4. The fraction of sp³-hybridized carbons (Fsp3) is 0.640. The third-order valence-corrected chi connectivity index (χ3v) is 6.08. The number of halogens is 3. The lowest BCUT2D eigenvalue weighted by Gasteiger charge is -2.36. The summed E-state index contributed by atoms with van der Waals surface area (Å²) in [6, 6.07) is 5.11. The van der Waals surface area contributed by atoms with Gasteiger partial charge in [0.25, 0.3) is 0 Å². The van der Waals surface area contributed by atoms with Crippen molar-refractivity contribution in [2.75, 3.05) is 19.8 Å². The second kappa shape index (κ2) is 12.0. The van der Waals surface area contributed by atoms with Crippen LogP contribution in [0.25, 0.3) is 0 Å². The lowest BCUT2D eigenvalue weighted by Crippen LogP contribution is -2.51.